The molecular formula is C17H19BrN2O6S. The molecule has 0 aromatic heterocycles. The first-order valence-corrected chi connectivity index (χ1v) is 9.83. The van der Waals surface area contributed by atoms with E-state index in [0.717, 1.165) is 0 Å². The molecule has 0 spiro atoms. The van der Waals surface area contributed by atoms with Crippen LogP contribution in [-0.4, -0.2) is 43.1 Å². The van der Waals surface area contributed by atoms with Crippen molar-refractivity contribution in [3.05, 3.63) is 40.4 Å². The maximum absolute atomic E-state index is 12.6. The summed E-state index contributed by atoms with van der Waals surface area (Å²) in [5, 5.41) is 3.83. The van der Waals surface area contributed by atoms with E-state index in [9.17, 15) is 8.42 Å². The van der Waals surface area contributed by atoms with E-state index in [-0.39, 0.29) is 10.6 Å². The Kier molecular flexibility index (Phi) is 6.92. The number of benzene rings is 2. The Hall–Kier alpha value is -2.46. The maximum atomic E-state index is 12.6. The number of hydrazone groups is 1. The van der Waals surface area contributed by atoms with Crippen LogP contribution < -0.4 is 23.8 Å². The third-order valence-electron chi connectivity index (χ3n) is 3.55. The fourth-order valence-electron chi connectivity index (χ4n) is 2.21. The lowest BCUT2D eigenvalue weighted by atomic mass is 10.2. The van der Waals surface area contributed by atoms with Crippen LogP contribution in [0, 0.1) is 0 Å². The zero-order chi connectivity index (χ0) is 20.0. The number of methoxy groups -OCH3 is 4. The first-order valence-electron chi connectivity index (χ1n) is 7.55. The third kappa shape index (κ3) is 4.64. The highest BCUT2D eigenvalue weighted by atomic mass is 79.9. The Labute approximate surface area is 166 Å². The number of hydrogen-bond donors (Lipinski definition) is 1. The monoisotopic (exact) mass is 458 g/mol. The lowest BCUT2D eigenvalue weighted by Gasteiger charge is -2.11. The van der Waals surface area contributed by atoms with Gasteiger partial charge in [0.15, 0.2) is 11.5 Å². The molecule has 146 valence electrons. The zero-order valence-electron chi connectivity index (χ0n) is 15.1. The van der Waals surface area contributed by atoms with E-state index in [1.54, 1.807) is 18.2 Å². The Bertz CT molecular complexity index is 947. The molecule has 0 aliphatic carbocycles. The quantitative estimate of drug-likeness (QED) is 0.482. The van der Waals surface area contributed by atoms with Crippen LogP contribution in [0.3, 0.4) is 0 Å². The van der Waals surface area contributed by atoms with E-state index in [2.05, 4.69) is 25.9 Å². The molecule has 8 nitrogen and oxygen atoms in total. The second-order valence-corrected chi connectivity index (χ2v) is 7.50. The van der Waals surface area contributed by atoms with E-state index < -0.39 is 10.0 Å². The molecule has 0 unspecified atom stereocenters. The minimum absolute atomic E-state index is 0.0899. The van der Waals surface area contributed by atoms with E-state index >= 15 is 0 Å². The number of nitrogens with one attached hydrogen (secondary N) is 1. The van der Waals surface area contributed by atoms with Crippen molar-refractivity contribution in [3.63, 3.8) is 0 Å². The molecule has 0 aliphatic heterocycles. The van der Waals surface area contributed by atoms with Gasteiger partial charge in [0.05, 0.1) is 39.1 Å². The number of sulfonamides is 1. The molecule has 1 N–H and O–H groups in total. The highest BCUT2D eigenvalue weighted by Crippen LogP contribution is 2.36. The van der Waals surface area contributed by atoms with Gasteiger partial charge in [-0.1, -0.05) is 0 Å². The highest BCUT2D eigenvalue weighted by Gasteiger charge is 2.20. The molecular weight excluding hydrogens is 440 g/mol. The average molecular weight is 459 g/mol. The van der Waals surface area contributed by atoms with Gasteiger partial charge in [-0.25, -0.2) is 0 Å². The van der Waals surface area contributed by atoms with E-state index in [4.69, 9.17) is 18.9 Å². The maximum Gasteiger partial charge on any atom is 0.280 e. The smallest absolute Gasteiger partial charge is 0.280 e. The van der Waals surface area contributed by atoms with Crippen molar-refractivity contribution < 1.29 is 27.4 Å². The van der Waals surface area contributed by atoms with Crippen LogP contribution in [0.1, 0.15) is 5.56 Å². The number of hydrogen-bond acceptors (Lipinski definition) is 7. The van der Waals surface area contributed by atoms with Crippen LogP contribution in [0.4, 0.5) is 0 Å². The molecule has 0 radical (unpaired) electrons. The van der Waals surface area contributed by atoms with Gasteiger partial charge in [0, 0.05) is 11.6 Å². The van der Waals surface area contributed by atoms with Gasteiger partial charge in [-0.2, -0.15) is 18.4 Å². The largest absolute Gasteiger partial charge is 0.497 e. The first kappa shape index (κ1) is 20.8. The van der Waals surface area contributed by atoms with Crippen molar-refractivity contribution >= 4 is 32.2 Å². The van der Waals surface area contributed by atoms with Gasteiger partial charge in [0.2, 0.25) is 0 Å². The summed E-state index contributed by atoms with van der Waals surface area (Å²) in [7, 11) is 1.87. The summed E-state index contributed by atoms with van der Waals surface area (Å²) in [6, 6.07) is 7.84. The SMILES string of the molecule is COc1ccc(OC)c(S(=O)(=O)N/N=C/c2ccc(OC)c(OC)c2Br)c1. The normalized spacial score (nSPS) is 11.3. The molecule has 0 bridgehead atoms. The Morgan fingerprint density at radius 3 is 2.22 bits per heavy atom. The molecule has 27 heavy (non-hydrogen) atoms. The minimum Gasteiger partial charge on any atom is -0.497 e. The fraction of sp³-hybridized carbons (Fsp3) is 0.235. The van der Waals surface area contributed by atoms with Gasteiger partial charge in [-0.15, -0.1) is 0 Å². The topological polar surface area (TPSA) is 95.5 Å². The van der Waals surface area contributed by atoms with Crippen molar-refractivity contribution in [2.24, 2.45) is 5.10 Å². The summed E-state index contributed by atoms with van der Waals surface area (Å²) in [5.74, 6) is 1.55. The molecule has 0 saturated carbocycles. The van der Waals surface area contributed by atoms with Gasteiger partial charge in [0.25, 0.3) is 10.0 Å². The second kappa shape index (κ2) is 8.96. The zero-order valence-corrected chi connectivity index (χ0v) is 17.5. The number of halogens is 1. The van der Waals surface area contributed by atoms with Crippen LogP contribution in [-0.2, 0) is 10.0 Å². The number of nitrogens with zero attached hydrogens (tertiary/aromatic N) is 1. The summed E-state index contributed by atoms with van der Waals surface area (Å²) in [4.78, 5) is 2.07. The van der Waals surface area contributed by atoms with Crippen molar-refractivity contribution in [1.29, 1.82) is 0 Å². The molecule has 10 heteroatoms. The summed E-state index contributed by atoms with van der Waals surface area (Å²) in [5.41, 5.74) is 0.591. The predicted octanol–water partition coefficient (Wildman–Crippen LogP) is 2.80. The molecule has 0 heterocycles. The number of ether oxygens (including phenoxy) is 4. The third-order valence-corrected chi connectivity index (χ3v) is 5.61. The lowest BCUT2D eigenvalue weighted by Crippen LogP contribution is -2.19. The predicted molar refractivity (Wildman–Crippen MR) is 105 cm³/mol. The summed E-state index contributed by atoms with van der Waals surface area (Å²) < 4.78 is 46.4. The van der Waals surface area contributed by atoms with Crippen LogP contribution in [0.25, 0.3) is 0 Å². The highest BCUT2D eigenvalue weighted by molar-refractivity contribution is 9.10. The Balaban J connectivity index is 2.31. The molecule has 2 aromatic carbocycles. The minimum atomic E-state index is -3.97. The molecule has 0 saturated heterocycles. The standard InChI is InChI=1S/C17H19BrN2O6S/c1-23-12-6-8-13(24-2)15(9-12)27(21,22)20-19-10-11-5-7-14(25-3)17(26-4)16(11)18/h5-10,20H,1-4H3/b19-10+. The summed E-state index contributed by atoms with van der Waals surface area (Å²) in [6.45, 7) is 0. The van der Waals surface area contributed by atoms with E-state index in [1.165, 1.54) is 46.8 Å². The molecule has 0 fully saturated rings. The summed E-state index contributed by atoms with van der Waals surface area (Å²) >= 11 is 3.39. The van der Waals surface area contributed by atoms with Gasteiger partial charge >= 0.3 is 0 Å². The fourth-order valence-corrected chi connectivity index (χ4v) is 3.78. The van der Waals surface area contributed by atoms with Crippen LogP contribution in [0.15, 0.2) is 44.8 Å². The Morgan fingerprint density at radius 1 is 0.963 bits per heavy atom. The molecule has 2 aromatic rings. The van der Waals surface area contributed by atoms with Crippen LogP contribution in [0.2, 0.25) is 0 Å². The molecule has 2 rings (SSSR count). The summed E-state index contributed by atoms with van der Waals surface area (Å²) in [6.07, 6.45) is 1.34. The van der Waals surface area contributed by atoms with Crippen molar-refractivity contribution in [2.45, 2.75) is 4.90 Å². The average Bonchev–Trinajstić information content (AvgIpc) is 2.68. The van der Waals surface area contributed by atoms with Gasteiger partial charge < -0.3 is 18.9 Å². The molecule has 0 atom stereocenters. The van der Waals surface area contributed by atoms with E-state index in [1.807, 2.05) is 0 Å². The van der Waals surface area contributed by atoms with E-state index in [0.29, 0.717) is 27.3 Å². The van der Waals surface area contributed by atoms with Crippen molar-refractivity contribution in [3.8, 4) is 23.0 Å². The molecule has 0 aliphatic rings. The molecule has 0 amide bonds. The first-order chi connectivity index (χ1) is 12.9. The van der Waals surface area contributed by atoms with Gasteiger partial charge in [0.1, 0.15) is 16.4 Å². The van der Waals surface area contributed by atoms with Gasteiger partial charge in [-0.05, 0) is 40.2 Å². The lowest BCUT2D eigenvalue weighted by molar-refractivity contribution is 0.353. The Morgan fingerprint density at radius 2 is 1.63 bits per heavy atom. The number of rotatable bonds is 8. The second-order valence-electron chi connectivity index (χ2n) is 5.07. The van der Waals surface area contributed by atoms with Crippen LogP contribution in [0.5, 0.6) is 23.0 Å². The van der Waals surface area contributed by atoms with Crippen molar-refractivity contribution in [1.82, 2.24) is 4.83 Å². The van der Waals surface area contributed by atoms with Gasteiger partial charge in [-0.3, -0.25) is 0 Å². The van der Waals surface area contributed by atoms with Crippen LogP contribution >= 0.6 is 15.9 Å². The van der Waals surface area contributed by atoms with Crippen molar-refractivity contribution in [2.75, 3.05) is 28.4 Å².